The molecule has 2 aromatic carbocycles. The Labute approximate surface area is 158 Å². The predicted molar refractivity (Wildman–Crippen MR) is 101 cm³/mol. The number of fused-ring (bicyclic) bond motifs is 1. The Balaban J connectivity index is 1.84. The molecule has 1 unspecified atom stereocenters. The van der Waals surface area contributed by atoms with Gasteiger partial charge in [0.15, 0.2) is 0 Å². The molecule has 0 aliphatic carbocycles. The maximum absolute atomic E-state index is 13.0. The highest BCUT2D eigenvalue weighted by Crippen LogP contribution is 2.26. The molecule has 6 nitrogen and oxygen atoms in total. The van der Waals surface area contributed by atoms with Crippen LogP contribution in [0.2, 0.25) is 0 Å². The van der Waals surface area contributed by atoms with Crippen molar-refractivity contribution < 1.29 is 19.8 Å². The summed E-state index contributed by atoms with van der Waals surface area (Å²) in [7, 11) is 0. The van der Waals surface area contributed by atoms with Crippen LogP contribution in [0.25, 0.3) is 0 Å². The van der Waals surface area contributed by atoms with Crippen LogP contribution in [0, 0.1) is 13.8 Å². The van der Waals surface area contributed by atoms with Crippen LogP contribution in [0.5, 0.6) is 5.75 Å². The number of phenols is 1. The number of hydrogen-bond donors (Lipinski definition) is 3. The summed E-state index contributed by atoms with van der Waals surface area (Å²) in [5, 5.41) is 19.3. The molecule has 1 aliphatic heterocycles. The van der Waals surface area contributed by atoms with Crippen LogP contribution in [0.15, 0.2) is 36.4 Å². The molecule has 3 rings (SSSR count). The van der Waals surface area contributed by atoms with Gasteiger partial charge in [-0.2, -0.15) is 0 Å². The number of carboxylic acid groups (broad SMARTS) is 1. The molecule has 1 heterocycles. The monoisotopic (exact) mass is 368 g/mol. The summed E-state index contributed by atoms with van der Waals surface area (Å²) in [6.45, 7) is 3.96. The maximum Gasteiger partial charge on any atom is 0.326 e. The van der Waals surface area contributed by atoms with Gasteiger partial charge in [-0.05, 0) is 60.2 Å². The standard InChI is InChI=1S/C21H24N2O4/c1-12-7-16(24)8-13(2)17(12)10-18(22)20(25)23-11-15-6-4-3-5-14(15)9-19(23)21(26)27/h3-8,18-19,24H,9-11,22H2,1-2H3,(H,26,27)/t18-,19?/m1/s1. The lowest BCUT2D eigenvalue weighted by atomic mass is 9.92. The van der Waals surface area contributed by atoms with E-state index in [1.165, 1.54) is 4.90 Å². The summed E-state index contributed by atoms with van der Waals surface area (Å²) in [4.78, 5) is 26.1. The Morgan fingerprint density at radius 2 is 1.78 bits per heavy atom. The van der Waals surface area contributed by atoms with Crippen molar-refractivity contribution in [2.45, 2.75) is 45.3 Å². The summed E-state index contributed by atoms with van der Waals surface area (Å²) in [5.74, 6) is -1.22. The number of rotatable bonds is 4. The van der Waals surface area contributed by atoms with Gasteiger partial charge in [-0.1, -0.05) is 24.3 Å². The first kappa shape index (κ1) is 18.9. The molecule has 0 fully saturated rings. The molecule has 0 saturated heterocycles. The average Bonchev–Trinajstić information content (AvgIpc) is 2.62. The second-order valence-electron chi connectivity index (χ2n) is 7.16. The minimum atomic E-state index is -1.03. The summed E-state index contributed by atoms with van der Waals surface area (Å²) in [6, 6.07) is 9.07. The molecule has 2 atom stereocenters. The van der Waals surface area contributed by atoms with Gasteiger partial charge in [-0.15, -0.1) is 0 Å². The first-order valence-corrected chi connectivity index (χ1v) is 8.92. The molecule has 0 bridgehead atoms. The number of carboxylic acids is 1. The number of nitrogens with zero attached hydrogens (tertiary/aromatic N) is 1. The molecule has 27 heavy (non-hydrogen) atoms. The van der Waals surface area contributed by atoms with Crippen LogP contribution < -0.4 is 5.73 Å². The molecule has 0 spiro atoms. The van der Waals surface area contributed by atoms with Crippen molar-refractivity contribution in [3.8, 4) is 5.75 Å². The lowest BCUT2D eigenvalue weighted by Gasteiger charge is -2.36. The van der Waals surface area contributed by atoms with Crippen molar-refractivity contribution in [3.05, 3.63) is 64.2 Å². The van der Waals surface area contributed by atoms with E-state index in [0.717, 1.165) is 27.8 Å². The highest BCUT2D eigenvalue weighted by Gasteiger charge is 2.36. The van der Waals surface area contributed by atoms with E-state index in [1.807, 2.05) is 38.1 Å². The second-order valence-corrected chi connectivity index (χ2v) is 7.16. The van der Waals surface area contributed by atoms with Crippen molar-refractivity contribution in [1.82, 2.24) is 4.90 Å². The Morgan fingerprint density at radius 3 is 2.37 bits per heavy atom. The van der Waals surface area contributed by atoms with E-state index in [1.54, 1.807) is 12.1 Å². The normalized spacial score (nSPS) is 17.3. The van der Waals surface area contributed by atoms with E-state index < -0.39 is 18.1 Å². The largest absolute Gasteiger partial charge is 0.508 e. The molecule has 4 N–H and O–H groups in total. The van der Waals surface area contributed by atoms with Crippen molar-refractivity contribution in [1.29, 1.82) is 0 Å². The molecular formula is C21H24N2O4. The van der Waals surface area contributed by atoms with Gasteiger partial charge in [0, 0.05) is 13.0 Å². The summed E-state index contributed by atoms with van der Waals surface area (Å²) >= 11 is 0. The second kappa shape index (κ2) is 7.40. The summed E-state index contributed by atoms with van der Waals surface area (Å²) < 4.78 is 0. The molecule has 0 saturated carbocycles. The molecule has 142 valence electrons. The van der Waals surface area contributed by atoms with E-state index in [0.29, 0.717) is 6.42 Å². The van der Waals surface area contributed by atoms with Crippen LogP contribution in [0.3, 0.4) is 0 Å². The number of hydrogen-bond acceptors (Lipinski definition) is 4. The number of aryl methyl sites for hydroxylation is 2. The fraction of sp³-hybridized carbons (Fsp3) is 0.333. The van der Waals surface area contributed by atoms with Gasteiger partial charge in [0.25, 0.3) is 0 Å². The maximum atomic E-state index is 13.0. The third-order valence-electron chi connectivity index (χ3n) is 5.24. The minimum Gasteiger partial charge on any atom is -0.508 e. The van der Waals surface area contributed by atoms with Gasteiger partial charge in [0.2, 0.25) is 5.91 Å². The number of aromatic hydroxyl groups is 1. The summed E-state index contributed by atoms with van der Waals surface area (Å²) in [6.07, 6.45) is 0.572. The van der Waals surface area contributed by atoms with E-state index in [2.05, 4.69) is 0 Å². The number of phenolic OH excluding ortho intramolecular Hbond substituents is 1. The Bertz CT molecular complexity index is 870. The molecule has 6 heteroatoms. The summed E-state index contributed by atoms with van der Waals surface area (Å²) in [5.41, 5.74) is 10.7. The molecule has 2 aromatic rings. The van der Waals surface area contributed by atoms with Gasteiger partial charge in [0.05, 0.1) is 6.04 Å². The Kier molecular flexibility index (Phi) is 5.19. The third-order valence-corrected chi connectivity index (χ3v) is 5.24. The van der Waals surface area contributed by atoms with E-state index >= 15 is 0 Å². The molecule has 0 radical (unpaired) electrons. The van der Waals surface area contributed by atoms with Crippen LogP contribution >= 0.6 is 0 Å². The van der Waals surface area contributed by atoms with Crippen molar-refractivity contribution in [3.63, 3.8) is 0 Å². The number of aliphatic carboxylic acids is 1. The fourth-order valence-electron chi connectivity index (χ4n) is 3.79. The first-order valence-electron chi connectivity index (χ1n) is 8.92. The van der Waals surface area contributed by atoms with Gasteiger partial charge >= 0.3 is 5.97 Å². The lowest BCUT2D eigenvalue weighted by Crippen LogP contribution is -2.54. The highest BCUT2D eigenvalue weighted by molar-refractivity contribution is 5.88. The third kappa shape index (κ3) is 3.80. The van der Waals surface area contributed by atoms with Gasteiger partial charge < -0.3 is 20.8 Å². The number of amides is 1. The fourth-order valence-corrected chi connectivity index (χ4v) is 3.79. The Morgan fingerprint density at radius 1 is 1.19 bits per heavy atom. The molecular weight excluding hydrogens is 344 g/mol. The highest BCUT2D eigenvalue weighted by atomic mass is 16.4. The Hall–Kier alpha value is -2.86. The van der Waals surface area contributed by atoms with Crippen LogP contribution in [0.1, 0.15) is 27.8 Å². The zero-order valence-corrected chi connectivity index (χ0v) is 15.5. The van der Waals surface area contributed by atoms with Gasteiger partial charge in [-0.25, -0.2) is 4.79 Å². The van der Waals surface area contributed by atoms with E-state index in [9.17, 15) is 19.8 Å². The quantitative estimate of drug-likeness (QED) is 0.765. The van der Waals surface area contributed by atoms with Crippen molar-refractivity contribution >= 4 is 11.9 Å². The molecule has 0 aromatic heterocycles. The van der Waals surface area contributed by atoms with Crippen molar-refractivity contribution in [2.75, 3.05) is 0 Å². The van der Waals surface area contributed by atoms with E-state index in [4.69, 9.17) is 5.73 Å². The molecule has 1 aliphatic rings. The van der Waals surface area contributed by atoms with Crippen molar-refractivity contribution in [2.24, 2.45) is 5.73 Å². The smallest absolute Gasteiger partial charge is 0.326 e. The first-order chi connectivity index (χ1) is 12.8. The lowest BCUT2D eigenvalue weighted by molar-refractivity contribution is -0.152. The van der Waals surface area contributed by atoms with E-state index in [-0.39, 0.29) is 24.6 Å². The number of carbonyl (C=O) groups excluding carboxylic acids is 1. The SMILES string of the molecule is Cc1cc(O)cc(C)c1C[C@@H](N)C(=O)N1Cc2ccccc2CC1C(=O)O. The zero-order chi connectivity index (χ0) is 19.7. The minimum absolute atomic E-state index is 0.173. The van der Waals surface area contributed by atoms with Crippen LogP contribution in [-0.4, -0.2) is 39.1 Å². The number of carbonyl (C=O) groups is 2. The van der Waals surface area contributed by atoms with Gasteiger partial charge in [0.1, 0.15) is 11.8 Å². The average molecular weight is 368 g/mol. The van der Waals surface area contributed by atoms with Gasteiger partial charge in [-0.3, -0.25) is 4.79 Å². The zero-order valence-electron chi connectivity index (χ0n) is 15.5. The van der Waals surface area contributed by atoms with Crippen LogP contribution in [0.4, 0.5) is 0 Å². The van der Waals surface area contributed by atoms with Crippen LogP contribution in [-0.2, 0) is 29.0 Å². The molecule has 1 amide bonds. The number of benzene rings is 2. The number of nitrogens with two attached hydrogens (primary N) is 1. The topological polar surface area (TPSA) is 104 Å². The predicted octanol–water partition coefficient (Wildman–Crippen LogP) is 1.92.